The zero-order valence-electron chi connectivity index (χ0n) is 23.5. The van der Waals surface area contributed by atoms with Crippen LogP contribution in [-0.2, 0) is 13.0 Å². The molecular weight excluding hydrogens is 486 g/mol. The summed E-state index contributed by atoms with van der Waals surface area (Å²) in [6.45, 7) is 7.32. The van der Waals surface area contributed by atoms with Gasteiger partial charge >= 0.3 is 5.69 Å². The van der Waals surface area contributed by atoms with Crippen molar-refractivity contribution in [2.75, 3.05) is 0 Å². The Bertz CT molecular complexity index is 1400. The molecular formula is C31H41N7O. The molecule has 3 unspecified atom stereocenters. The molecule has 0 saturated heterocycles. The highest BCUT2D eigenvalue weighted by Crippen LogP contribution is 2.38. The van der Waals surface area contributed by atoms with Crippen LogP contribution in [0, 0.1) is 11.8 Å². The minimum atomic E-state index is 0.109. The van der Waals surface area contributed by atoms with Crippen LogP contribution < -0.4 is 5.69 Å². The van der Waals surface area contributed by atoms with Gasteiger partial charge in [0.2, 0.25) is 5.82 Å². The van der Waals surface area contributed by atoms with Crippen molar-refractivity contribution in [3.05, 3.63) is 70.7 Å². The predicted octanol–water partition coefficient (Wildman–Crippen LogP) is 6.45. The van der Waals surface area contributed by atoms with E-state index in [1.54, 1.807) is 6.20 Å². The molecule has 5 rings (SSSR count). The Hall–Kier alpha value is -3.55. The van der Waals surface area contributed by atoms with Crippen molar-refractivity contribution in [1.29, 1.82) is 0 Å². The van der Waals surface area contributed by atoms with E-state index < -0.39 is 0 Å². The summed E-state index contributed by atoms with van der Waals surface area (Å²) in [5, 5.41) is 14.8. The Kier molecular flexibility index (Phi) is 8.69. The summed E-state index contributed by atoms with van der Waals surface area (Å²) in [6, 6.07) is 10.3. The maximum absolute atomic E-state index is 14.2. The van der Waals surface area contributed by atoms with Gasteiger partial charge in [-0.15, -0.1) is 10.2 Å². The molecule has 1 fully saturated rings. The fourth-order valence-corrected chi connectivity index (χ4v) is 6.47. The molecule has 0 spiro atoms. The predicted molar refractivity (Wildman–Crippen MR) is 154 cm³/mol. The van der Waals surface area contributed by atoms with E-state index in [0.717, 1.165) is 53.6 Å². The quantitative estimate of drug-likeness (QED) is 0.270. The zero-order valence-corrected chi connectivity index (χ0v) is 23.5. The average molecular weight is 528 g/mol. The standard InChI is InChI=1S/C31H41N7O/c1-4-6-14-25-21-38(29-22(3)12-8-7-9-13-23(29)5-2)31(39)37(25)20-24-19-32-18-17-26(24)27-15-10-11-16-28(27)30-33-35-36-34-30/h10-11,15-19,21-23,29H,4-9,12-14,20H2,1-3H3,(H,33,34,35,36). The van der Waals surface area contributed by atoms with Gasteiger partial charge in [0.05, 0.1) is 6.54 Å². The number of hydrogen-bond acceptors (Lipinski definition) is 5. The molecule has 3 aromatic heterocycles. The van der Waals surface area contributed by atoms with Crippen LogP contribution in [0.25, 0.3) is 22.5 Å². The molecule has 0 amide bonds. The van der Waals surface area contributed by atoms with Crippen LogP contribution in [0.2, 0.25) is 0 Å². The number of imidazole rings is 1. The number of benzene rings is 1. The first kappa shape index (κ1) is 27.0. The molecule has 8 nitrogen and oxygen atoms in total. The van der Waals surface area contributed by atoms with Gasteiger partial charge in [0.1, 0.15) is 0 Å². The lowest BCUT2D eigenvalue weighted by molar-refractivity contribution is 0.187. The Morgan fingerprint density at radius 1 is 1.03 bits per heavy atom. The van der Waals surface area contributed by atoms with Crippen LogP contribution in [0.15, 0.2) is 53.7 Å². The summed E-state index contributed by atoms with van der Waals surface area (Å²) in [5.41, 5.74) is 5.15. The third-order valence-electron chi connectivity index (χ3n) is 8.55. The second-order valence-corrected chi connectivity index (χ2v) is 11.1. The van der Waals surface area contributed by atoms with Gasteiger partial charge in [-0.1, -0.05) is 77.1 Å². The number of pyridine rings is 1. The van der Waals surface area contributed by atoms with Gasteiger partial charge < -0.3 is 0 Å². The summed E-state index contributed by atoms with van der Waals surface area (Å²) < 4.78 is 4.11. The third kappa shape index (κ3) is 5.75. The largest absolute Gasteiger partial charge is 0.328 e. The van der Waals surface area contributed by atoms with Gasteiger partial charge in [-0.3, -0.25) is 14.1 Å². The molecule has 3 heterocycles. The normalized spacial score (nSPS) is 20.0. The fraction of sp³-hybridized carbons (Fsp3) is 0.516. The van der Waals surface area contributed by atoms with E-state index in [1.165, 1.54) is 32.1 Å². The maximum atomic E-state index is 14.2. The van der Waals surface area contributed by atoms with Crippen molar-refractivity contribution < 1.29 is 0 Å². The summed E-state index contributed by atoms with van der Waals surface area (Å²) in [6.07, 6.45) is 16.2. The molecule has 1 aliphatic rings. The van der Waals surface area contributed by atoms with Crippen molar-refractivity contribution in [1.82, 2.24) is 34.7 Å². The lowest BCUT2D eigenvalue weighted by Crippen LogP contribution is -2.35. The Morgan fingerprint density at radius 2 is 1.85 bits per heavy atom. The van der Waals surface area contributed by atoms with Crippen LogP contribution in [0.4, 0.5) is 0 Å². The topological polar surface area (TPSA) is 94.3 Å². The summed E-state index contributed by atoms with van der Waals surface area (Å²) in [7, 11) is 0. The molecule has 0 bridgehead atoms. The van der Waals surface area contributed by atoms with E-state index in [0.29, 0.717) is 24.2 Å². The molecule has 1 saturated carbocycles. The van der Waals surface area contributed by atoms with E-state index in [2.05, 4.69) is 63.2 Å². The average Bonchev–Trinajstić information content (AvgIpc) is 3.59. The molecule has 1 N–H and O–H groups in total. The van der Waals surface area contributed by atoms with Gasteiger partial charge in [0, 0.05) is 35.9 Å². The van der Waals surface area contributed by atoms with Crippen LogP contribution in [0.1, 0.15) is 89.4 Å². The summed E-state index contributed by atoms with van der Waals surface area (Å²) in [5.74, 6) is 1.56. The van der Waals surface area contributed by atoms with Crippen LogP contribution in [0.3, 0.4) is 0 Å². The number of unbranched alkanes of at least 4 members (excludes halogenated alkanes) is 1. The van der Waals surface area contributed by atoms with Crippen molar-refractivity contribution in [3.63, 3.8) is 0 Å². The Labute approximate surface area is 230 Å². The monoisotopic (exact) mass is 527 g/mol. The third-order valence-corrected chi connectivity index (χ3v) is 8.55. The van der Waals surface area contributed by atoms with Gasteiger partial charge in [-0.2, -0.15) is 5.21 Å². The zero-order chi connectivity index (χ0) is 27.2. The number of aryl methyl sites for hydroxylation is 1. The first-order chi connectivity index (χ1) is 19.1. The molecule has 1 aliphatic carbocycles. The number of H-pyrrole nitrogens is 1. The Balaban J connectivity index is 1.58. The SMILES string of the molecule is CCCCc1cn(C2C(C)CCCCCC2CC)c(=O)n1Cc1cnccc1-c1ccccc1-c1nn[nH]n1. The number of hydrogen-bond donors (Lipinski definition) is 1. The highest BCUT2D eigenvalue weighted by molar-refractivity contribution is 5.81. The first-order valence-corrected chi connectivity index (χ1v) is 14.7. The minimum Gasteiger partial charge on any atom is -0.295 e. The molecule has 39 heavy (non-hydrogen) atoms. The number of rotatable bonds is 9. The number of aromatic amines is 1. The molecule has 0 aliphatic heterocycles. The van der Waals surface area contributed by atoms with E-state index in [-0.39, 0.29) is 11.7 Å². The molecule has 0 radical (unpaired) electrons. The second-order valence-electron chi connectivity index (χ2n) is 11.1. The van der Waals surface area contributed by atoms with E-state index in [9.17, 15) is 4.79 Å². The van der Waals surface area contributed by atoms with Gasteiger partial charge in [-0.05, 0) is 65.5 Å². The molecule has 1 aromatic carbocycles. The second kappa shape index (κ2) is 12.5. The van der Waals surface area contributed by atoms with Crippen molar-refractivity contribution >= 4 is 0 Å². The molecule has 4 aromatic rings. The molecule has 3 atom stereocenters. The minimum absolute atomic E-state index is 0.109. The lowest BCUT2D eigenvalue weighted by atomic mass is 9.79. The van der Waals surface area contributed by atoms with Gasteiger partial charge in [0.15, 0.2) is 0 Å². The number of tetrazole rings is 1. The van der Waals surface area contributed by atoms with Crippen LogP contribution >= 0.6 is 0 Å². The fourth-order valence-electron chi connectivity index (χ4n) is 6.47. The molecule has 206 valence electrons. The highest BCUT2D eigenvalue weighted by atomic mass is 16.1. The summed E-state index contributed by atoms with van der Waals surface area (Å²) >= 11 is 0. The highest BCUT2D eigenvalue weighted by Gasteiger charge is 2.31. The van der Waals surface area contributed by atoms with Crippen molar-refractivity contribution in [2.45, 2.75) is 91.1 Å². The van der Waals surface area contributed by atoms with Gasteiger partial charge in [0.25, 0.3) is 0 Å². The number of nitrogens with one attached hydrogen (secondary N) is 1. The summed E-state index contributed by atoms with van der Waals surface area (Å²) in [4.78, 5) is 18.7. The van der Waals surface area contributed by atoms with Crippen LogP contribution in [-0.4, -0.2) is 34.7 Å². The van der Waals surface area contributed by atoms with E-state index in [1.807, 2.05) is 35.0 Å². The van der Waals surface area contributed by atoms with Crippen LogP contribution in [0.5, 0.6) is 0 Å². The molecule has 8 heteroatoms. The number of nitrogens with zero attached hydrogens (tertiary/aromatic N) is 6. The van der Waals surface area contributed by atoms with Crippen molar-refractivity contribution in [2.24, 2.45) is 11.8 Å². The maximum Gasteiger partial charge on any atom is 0.328 e. The van der Waals surface area contributed by atoms with Crippen molar-refractivity contribution in [3.8, 4) is 22.5 Å². The lowest BCUT2D eigenvalue weighted by Gasteiger charge is -2.34. The Morgan fingerprint density at radius 3 is 2.62 bits per heavy atom. The smallest absolute Gasteiger partial charge is 0.295 e. The first-order valence-electron chi connectivity index (χ1n) is 14.7. The van der Waals surface area contributed by atoms with Gasteiger partial charge in [-0.25, -0.2) is 4.79 Å². The van der Waals surface area contributed by atoms with E-state index >= 15 is 0 Å². The number of aromatic nitrogens is 7. The van der Waals surface area contributed by atoms with E-state index in [4.69, 9.17) is 0 Å².